The standard InChI is InChI=1S/C28H39N5O5/c29-21(17-24(30)34)26(36)33-13-9-22-20(18-33)8-4-5-10-28(11-14-38-15-12-28)27(37)32-23(25(35)31-22)16-19-6-2-1-3-7-19/h1-7,20-23H,8-18,29H2,(H2,30,34)(H,31,35)(H,32,37)/b5-4+/t20-,21-,22+,23-/m0/s1. The lowest BCUT2D eigenvalue weighted by molar-refractivity contribution is -0.140. The van der Waals surface area contributed by atoms with Crippen LogP contribution in [0.25, 0.3) is 0 Å². The van der Waals surface area contributed by atoms with Crippen molar-refractivity contribution in [1.29, 1.82) is 0 Å². The molecule has 0 saturated carbocycles. The summed E-state index contributed by atoms with van der Waals surface area (Å²) < 4.78 is 5.55. The van der Waals surface area contributed by atoms with Gasteiger partial charge in [-0.1, -0.05) is 42.5 Å². The molecule has 0 radical (unpaired) electrons. The monoisotopic (exact) mass is 525 g/mol. The van der Waals surface area contributed by atoms with Crippen molar-refractivity contribution in [3.05, 3.63) is 48.0 Å². The van der Waals surface area contributed by atoms with Crippen molar-refractivity contribution in [2.75, 3.05) is 26.3 Å². The van der Waals surface area contributed by atoms with Crippen molar-refractivity contribution in [1.82, 2.24) is 15.5 Å². The molecule has 4 atom stereocenters. The molecule has 4 amide bonds. The fourth-order valence-electron chi connectivity index (χ4n) is 5.72. The van der Waals surface area contributed by atoms with E-state index in [1.54, 1.807) is 4.90 Å². The highest BCUT2D eigenvalue weighted by Crippen LogP contribution is 2.36. The fourth-order valence-corrected chi connectivity index (χ4v) is 5.72. The SMILES string of the molecule is NC(=O)C[C@H](N)C(=O)N1CC[C@H]2NC(=O)[C@H](Cc3ccccc3)NC(=O)C3(C/C=C/C[C@H]2C1)CCOCC3. The summed E-state index contributed by atoms with van der Waals surface area (Å²) in [7, 11) is 0. The molecule has 4 rings (SSSR count). The van der Waals surface area contributed by atoms with Crippen molar-refractivity contribution < 1.29 is 23.9 Å². The number of carbonyl (C=O) groups excluding carboxylic acids is 4. The van der Waals surface area contributed by atoms with Crippen LogP contribution in [0.5, 0.6) is 0 Å². The van der Waals surface area contributed by atoms with Gasteiger partial charge in [0.2, 0.25) is 23.6 Å². The quantitative estimate of drug-likeness (QED) is 0.408. The van der Waals surface area contributed by atoms with Crippen LogP contribution in [0.2, 0.25) is 0 Å². The van der Waals surface area contributed by atoms with Gasteiger partial charge in [0.1, 0.15) is 6.04 Å². The van der Waals surface area contributed by atoms with Crippen LogP contribution in [0.3, 0.4) is 0 Å². The molecule has 2 fully saturated rings. The lowest BCUT2D eigenvalue weighted by Gasteiger charge is -2.41. The number of carbonyl (C=O) groups is 4. The number of hydrogen-bond acceptors (Lipinski definition) is 6. The molecular weight excluding hydrogens is 486 g/mol. The molecule has 10 nitrogen and oxygen atoms in total. The van der Waals surface area contributed by atoms with Gasteiger partial charge in [-0.3, -0.25) is 19.2 Å². The Morgan fingerprint density at radius 1 is 1.11 bits per heavy atom. The number of primary amides is 1. The highest BCUT2D eigenvalue weighted by Gasteiger charge is 2.42. The van der Waals surface area contributed by atoms with Gasteiger partial charge in [-0.05, 0) is 37.7 Å². The third-order valence-electron chi connectivity index (χ3n) is 8.06. The van der Waals surface area contributed by atoms with Crippen molar-refractivity contribution in [2.45, 2.75) is 63.1 Å². The molecular formula is C28H39N5O5. The molecule has 3 aliphatic rings. The van der Waals surface area contributed by atoms with E-state index in [0.29, 0.717) is 64.8 Å². The lowest BCUT2D eigenvalue weighted by atomic mass is 9.75. The summed E-state index contributed by atoms with van der Waals surface area (Å²) in [6, 6.07) is 7.78. The predicted octanol–water partition coefficient (Wildman–Crippen LogP) is 0.397. The Hall–Kier alpha value is -3.24. The molecule has 38 heavy (non-hydrogen) atoms. The Balaban J connectivity index is 1.57. The van der Waals surface area contributed by atoms with Gasteiger partial charge in [0.05, 0.1) is 17.9 Å². The van der Waals surface area contributed by atoms with Gasteiger partial charge in [0.25, 0.3) is 0 Å². The molecule has 1 spiro atoms. The fraction of sp³-hybridized carbons (Fsp3) is 0.571. The number of nitrogens with one attached hydrogen (secondary N) is 2. The normalized spacial score (nSPS) is 27.6. The summed E-state index contributed by atoms with van der Waals surface area (Å²) in [6.07, 6.45) is 7.21. The second-order valence-corrected chi connectivity index (χ2v) is 10.7. The maximum Gasteiger partial charge on any atom is 0.243 e. The van der Waals surface area contributed by atoms with E-state index in [-0.39, 0.29) is 36.1 Å². The summed E-state index contributed by atoms with van der Waals surface area (Å²) in [5, 5.41) is 6.27. The Kier molecular flexibility index (Phi) is 9.17. The third kappa shape index (κ3) is 6.79. The van der Waals surface area contributed by atoms with Crippen LogP contribution in [0.15, 0.2) is 42.5 Å². The van der Waals surface area contributed by atoms with Crippen molar-refractivity contribution >= 4 is 23.6 Å². The van der Waals surface area contributed by atoms with Gasteiger partial charge in [-0.25, -0.2) is 0 Å². The van der Waals surface area contributed by atoms with E-state index in [2.05, 4.69) is 22.8 Å². The number of piperidine rings is 1. The number of allylic oxidation sites excluding steroid dienone is 2. The van der Waals surface area contributed by atoms with Crippen LogP contribution in [-0.2, 0) is 30.3 Å². The average molecular weight is 526 g/mol. The van der Waals surface area contributed by atoms with Crippen LogP contribution in [0.4, 0.5) is 0 Å². The first kappa shape index (κ1) is 27.8. The first-order chi connectivity index (χ1) is 18.3. The van der Waals surface area contributed by atoms with E-state index in [1.165, 1.54) is 0 Å². The molecule has 2 saturated heterocycles. The highest BCUT2D eigenvalue weighted by molar-refractivity contribution is 5.91. The van der Waals surface area contributed by atoms with Crippen molar-refractivity contribution in [2.24, 2.45) is 22.8 Å². The van der Waals surface area contributed by atoms with Crippen LogP contribution in [-0.4, -0.2) is 73.0 Å². The van der Waals surface area contributed by atoms with E-state index in [9.17, 15) is 19.2 Å². The second-order valence-electron chi connectivity index (χ2n) is 10.7. The topological polar surface area (TPSA) is 157 Å². The van der Waals surface area contributed by atoms with E-state index in [0.717, 1.165) is 5.56 Å². The molecule has 10 heteroatoms. The largest absolute Gasteiger partial charge is 0.381 e. The first-order valence-corrected chi connectivity index (χ1v) is 13.5. The Labute approximate surface area is 223 Å². The van der Waals surface area contributed by atoms with Crippen LogP contribution < -0.4 is 22.1 Å². The van der Waals surface area contributed by atoms with Gasteiger partial charge in [-0.15, -0.1) is 0 Å². The molecule has 206 valence electrons. The number of nitrogens with two attached hydrogens (primary N) is 2. The molecule has 1 aromatic rings. The summed E-state index contributed by atoms with van der Waals surface area (Å²) in [4.78, 5) is 53.1. The van der Waals surface area contributed by atoms with Crippen LogP contribution in [0.1, 0.15) is 44.1 Å². The Morgan fingerprint density at radius 3 is 2.55 bits per heavy atom. The zero-order valence-electron chi connectivity index (χ0n) is 21.8. The maximum atomic E-state index is 13.6. The molecule has 6 N–H and O–H groups in total. The number of rotatable bonds is 5. The maximum absolute atomic E-state index is 13.6. The molecule has 3 aliphatic heterocycles. The van der Waals surface area contributed by atoms with Gasteiger partial charge < -0.3 is 31.7 Å². The molecule has 0 aromatic heterocycles. The van der Waals surface area contributed by atoms with Crippen molar-refractivity contribution in [3.63, 3.8) is 0 Å². The van der Waals surface area contributed by atoms with Gasteiger partial charge in [0.15, 0.2) is 0 Å². The first-order valence-electron chi connectivity index (χ1n) is 13.5. The average Bonchev–Trinajstić information content (AvgIpc) is 2.91. The number of nitrogens with zero attached hydrogens (tertiary/aromatic N) is 1. The van der Waals surface area contributed by atoms with Gasteiger partial charge in [-0.2, -0.15) is 0 Å². The van der Waals surface area contributed by atoms with Gasteiger partial charge in [0, 0.05) is 44.7 Å². The van der Waals surface area contributed by atoms with Gasteiger partial charge >= 0.3 is 0 Å². The number of amides is 4. The minimum Gasteiger partial charge on any atom is -0.381 e. The smallest absolute Gasteiger partial charge is 0.243 e. The molecule has 3 heterocycles. The summed E-state index contributed by atoms with van der Waals surface area (Å²) in [6.45, 7) is 1.83. The number of hydrogen-bond donors (Lipinski definition) is 4. The van der Waals surface area contributed by atoms with Crippen LogP contribution in [0, 0.1) is 11.3 Å². The number of ether oxygens (including phenoxy) is 1. The van der Waals surface area contributed by atoms with E-state index in [1.807, 2.05) is 30.3 Å². The second kappa shape index (κ2) is 12.5. The highest BCUT2D eigenvalue weighted by atomic mass is 16.5. The van der Waals surface area contributed by atoms with E-state index >= 15 is 0 Å². The minimum absolute atomic E-state index is 0.0354. The zero-order valence-corrected chi connectivity index (χ0v) is 21.8. The van der Waals surface area contributed by atoms with E-state index in [4.69, 9.17) is 16.2 Å². The summed E-state index contributed by atoms with van der Waals surface area (Å²) >= 11 is 0. The number of likely N-dealkylation sites (tertiary alicyclic amines) is 1. The molecule has 0 aliphatic carbocycles. The summed E-state index contributed by atoms with van der Waals surface area (Å²) in [5.74, 6) is -1.29. The Morgan fingerprint density at radius 2 is 1.84 bits per heavy atom. The summed E-state index contributed by atoms with van der Waals surface area (Å²) in [5.41, 5.74) is 11.5. The predicted molar refractivity (Wildman–Crippen MR) is 141 cm³/mol. The molecule has 0 bridgehead atoms. The van der Waals surface area contributed by atoms with E-state index < -0.39 is 23.4 Å². The molecule has 1 aromatic carbocycles. The molecule has 0 unspecified atom stereocenters. The number of fused-ring (bicyclic) bond motifs is 1. The van der Waals surface area contributed by atoms with Crippen LogP contribution >= 0.6 is 0 Å². The zero-order chi connectivity index (χ0) is 27.1. The Bertz CT molecular complexity index is 1040. The number of benzene rings is 1. The third-order valence-corrected chi connectivity index (χ3v) is 8.06. The van der Waals surface area contributed by atoms with Crippen molar-refractivity contribution in [3.8, 4) is 0 Å². The lowest BCUT2D eigenvalue weighted by Crippen LogP contribution is -2.59. The minimum atomic E-state index is -0.973.